The van der Waals surface area contributed by atoms with Gasteiger partial charge in [0.05, 0.1) is 19.0 Å². The lowest BCUT2D eigenvalue weighted by molar-refractivity contribution is 0.210. The second-order valence-electron chi connectivity index (χ2n) is 10.6. The second kappa shape index (κ2) is 16.6. The molecule has 1 aliphatic rings. The minimum atomic E-state index is -0.113. The summed E-state index contributed by atoms with van der Waals surface area (Å²) in [4.78, 5) is 2.28. The van der Waals surface area contributed by atoms with Crippen LogP contribution < -0.4 is 14.2 Å². The lowest BCUT2D eigenvalue weighted by Crippen LogP contribution is -2.40. The third kappa shape index (κ3) is 8.76. The molecule has 1 heterocycles. The van der Waals surface area contributed by atoms with Crippen molar-refractivity contribution >= 4 is 23.5 Å². The zero-order valence-corrected chi connectivity index (χ0v) is 25.9. The first-order valence-corrected chi connectivity index (χ1v) is 16.6. The molecule has 212 valence electrons. The largest absolute Gasteiger partial charge is 0.497 e. The van der Waals surface area contributed by atoms with Gasteiger partial charge in [-0.3, -0.25) is 0 Å². The van der Waals surface area contributed by atoms with E-state index in [0.29, 0.717) is 12.5 Å². The van der Waals surface area contributed by atoms with Crippen molar-refractivity contribution in [3.8, 4) is 17.2 Å². The maximum Gasteiger partial charge on any atom is 0.126 e. The molecular formula is C32H49NO3S2. The van der Waals surface area contributed by atoms with Crippen LogP contribution in [0.4, 0.5) is 0 Å². The number of unbranched alkanes of at least 4 members (excludes halogenated alkanes) is 6. The molecule has 2 aromatic rings. The third-order valence-corrected chi connectivity index (χ3v) is 10.2. The number of hydrogen-bond donors (Lipinski definition) is 0. The lowest BCUT2D eigenvalue weighted by atomic mass is 9.76. The number of thioether (sulfide) groups is 2. The Morgan fingerprint density at radius 1 is 0.842 bits per heavy atom. The number of benzene rings is 2. The summed E-state index contributed by atoms with van der Waals surface area (Å²) in [5.74, 6) is 5.75. The van der Waals surface area contributed by atoms with Gasteiger partial charge in [0.2, 0.25) is 0 Å². The van der Waals surface area contributed by atoms with E-state index in [9.17, 15) is 0 Å². The number of rotatable bonds is 18. The highest BCUT2D eigenvalue weighted by Crippen LogP contribution is 2.55. The third-order valence-electron chi connectivity index (χ3n) is 7.72. The van der Waals surface area contributed by atoms with E-state index >= 15 is 0 Å². The molecule has 0 amide bonds. The summed E-state index contributed by atoms with van der Waals surface area (Å²) in [6.07, 6.45) is 14.1. The highest BCUT2D eigenvalue weighted by atomic mass is 32.2. The minimum Gasteiger partial charge on any atom is -0.497 e. The van der Waals surface area contributed by atoms with Gasteiger partial charge in [-0.1, -0.05) is 56.7 Å². The van der Waals surface area contributed by atoms with Crippen LogP contribution in [0.3, 0.4) is 0 Å². The SMILES string of the molecule is COc1ccc(C2(SC)COc3cc(OC)ccc3C2CCCCCCCCCSCCCN(C)C)cc1. The molecule has 2 unspecified atom stereocenters. The highest BCUT2D eigenvalue weighted by Gasteiger charge is 2.45. The van der Waals surface area contributed by atoms with Crippen molar-refractivity contribution in [2.24, 2.45) is 0 Å². The molecule has 0 saturated carbocycles. The number of ether oxygens (including phenoxy) is 3. The van der Waals surface area contributed by atoms with Crippen molar-refractivity contribution in [2.75, 3.05) is 59.2 Å². The fraction of sp³-hybridized carbons (Fsp3) is 0.625. The van der Waals surface area contributed by atoms with Crippen LogP contribution in [0.1, 0.15) is 74.8 Å². The fourth-order valence-electron chi connectivity index (χ4n) is 5.48. The van der Waals surface area contributed by atoms with E-state index in [-0.39, 0.29) is 4.75 Å². The molecule has 0 radical (unpaired) electrons. The van der Waals surface area contributed by atoms with Crippen molar-refractivity contribution in [1.29, 1.82) is 0 Å². The molecule has 0 spiro atoms. The second-order valence-corrected chi connectivity index (χ2v) is 13.0. The van der Waals surface area contributed by atoms with Gasteiger partial charge in [-0.25, -0.2) is 0 Å². The van der Waals surface area contributed by atoms with E-state index in [0.717, 1.165) is 17.2 Å². The lowest BCUT2D eigenvalue weighted by Gasteiger charge is -2.44. The number of nitrogens with zero attached hydrogens (tertiary/aromatic N) is 1. The van der Waals surface area contributed by atoms with E-state index < -0.39 is 0 Å². The van der Waals surface area contributed by atoms with Crippen LogP contribution in [-0.2, 0) is 4.75 Å². The molecule has 6 heteroatoms. The molecule has 0 bridgehead atoms. The van der Waals surface area contributed by atoms with Gasteiger partial charge in [0.1, 0.15) is 23.9 Å². The quantitative estimate of drug-likeness (QED) is 0.171. The van der Waals surface area contributed by atoms with Crippen LogP contribution in [0.25, 0.3) is 0 Å². The first-order chi connectivity index (χ1) is 18.5. The van der Waals surface area contributed by atoms with E-state index in [4.69, 9.17) is 14.2 Å². The normalized spacial score (nSPS) is 18.7. The average Bonchev–Trinajstić information content (AvgIpc) is 2.95. The Hall–Kier alpha value is -1.50. The molecule has 1 aliphatic heterocycles. The van der Waals surface area contributed by atoms with Crippen molar-refractivity contribution < 1.29 is 14.2 Å². The molecule has 0 saturated heterocycles. The molecule has 2 atom stereocenters. The number of fused-ring (bicyclic) bond motifs is 1. The van der Waals surface area contributed by atoms with Gasteiger partial charge in [0, 0.05) is 12.0 Å². The summed E-state index contributed by atoms with van der Waals surface area (Å²) in [7, 11) is 7.76. The Labute approximate surface area is 240 Å². The standard InChI is InChI=1S/C32H49NO3S2/c1-33(2)21-13-23-38-22-12-10-8-6-7-9-11-14-30-29-20-19-28(35-4)24-31(29)36-25-32(30,37-5)26-15-17-27(34-3)18-16-26/h15-20,24,30H,6-14,21-23,25H2,1-5H3. The molecular weight excluding hydrogens is 510 g/mol. The number of hydrogen-bond acceptors (Lipinski definition) is 6. The summed E-state index contributed by atoms with van der Waals surface area (Å²) >= 11 is 4.05. The maximum absolute atomic E-state index is 6.40. The van der Waals surface area contributed by atoms with Gasteiger partial charge >= 0.3 is 0 Å². The van der Waals surface area contributed by atoms with Gasteiger partial charge < -0.3 is 19.1 Å². The van der Waals surface area contributed by atoms with Gasteiger partial charge in [-0.2, -0.15) is 11.8 Å². The summed E-state index contributed by atoms with van der Waals surface area (Å²) in [6.45, 7) is 1.87. The molecule has 0 fully saturated rings. The highest BCUT2D eigenvalue weighted by molar-refractivity contribution is 7.99. The Morgan fingerprint density at radius 3 is 2.13 bits per heavy atom. The summed E-state index contributed by atoms with van der Waals surface area (Å²) in [6, 6.07) is 15.0. The Morgan fingerprint density at radius 2 is 1.47 bits per heavy atom. The van der Waals surface area contributed by atoms with Crippen LogP contribution in [0.2, 0.25) is 0 Å². The maximum atomic E-state index is 6.40. The van der Waals surface area contributed by atoms with Crippen molar-refractivity contribution in [2.45, 2.75) is 68.5 Å². The van der Waals surface area contributed by atoms with E-state index in [1.807, 2.05) is 11.8 Å². The molecule has 2 aromatic carbocycles. The predicted molar refractivity (Wildman–Crippen MR) is 167 cm³/mol. The van der Waals surface area contributed by atoms with Crippen LogP contribution in [0.15, 0.2) is 42.5 Å². The van der Waals surface area contributed by atoms with Crippen molar-refractivity contribution in [3.63, 3.8) is 0 Å². The summed E-state index contributed by atoms with van der Waals surface area (Å²) in [5.41, 5.74) is 2.63. The van der Waals surface area contributed by atoms with E-state index in [1.54, 1.807) is 14.2 Å². The van der Waals surface area contributed by atoms with Gasteiger partial charge in [-0.15, -0.1) is 11.8 Å². The van der Waals surface area contributed by atoms with Gasteiger partial charge in [0.15, 0.2) is 0 Å². The molecule has 4 nitrogen and oxygen atoms in total. The Kier molecular flexibility index (Phi) is 13.5. The molecule has 3 rings (SSSR count). The fourth-order valence-corrected chi connectivity index (χ4v) is 7.50. The molecule has 0 N–H and O–H groups in total. The Balaban J connectivity index is 1.51. The summed E-state index contributed by atoms with van der Waals surface area (Å²) in [5, 5.41) is 0. The van der Waals surface area contributed by atoms with Crippen LogP contribution in [0.5, 0.6) is 17.2 Å². The average molecular weight is 560 g/mol. The molecule has 0 aromatic heterocycles. The zero-order chi connectivity index (χ0) is 27.2. The minimum absolute atomic E-state index is 0.113. The first-order valence-electron chi connectivity index (χ1n) is 14.3. The monoisotopic (exact) mass is 559 g/mol. The number of methoxy groups -OCH3 is 2. The molecule has 38 heavy (non-hydrogen) atoms. The van der Waals surface area contributed by atoms with E-state index in [1.165, 1.54) is 87.0 Å². The summed E-state index contributed by atoms with van der Waals surface area (Å²) < 4.78 is 17.2. The van der Waals surface area contributed by atoms with Crippen LogP contribution in [-0.4, -0.2) is 64.1 Å². The van der Waals surface area contributed by atoms with Crippen LogP contribution >= 0.6 is 23.5 Å². The van der Waals surface area contributed by atoms with Gasteiger partial charge in [0.25, 0.3) is 0 Å². The van der Waals surface area contributed by atoms with Crippen molar-refractivity contribution in [3.05, 3.63) is 53.6 Å². The van der Waals surface area contributed by atoms with Crippen LogP contribution in [0, 0.1) is 0 Å². The zero-order valence-electron chi connectivity index (χ0n) is 24.3. The van der Waals surface area contributed by atoms with Gasteiger partial charge in [-0.05, 0) is 87.0 Å². The predicted octanol–water partition coefficient (Wildman–Crippen LogP) is 8.24. The first kappa shape index (κ1) is 31.0. The topological polar surface area (TPSA) is 30.9 Å². The molecule has 0 aliphatic carbocycles. The smallest absolute Gasteiger partial charge is 0.126 e. The van der Waals surface area contributed by atoms with Crippen molar-refractivity contribution in [1.82, 2.24) is 4.90 Å². The Bertz CT molecular complexity index is 937. The van der Waals surface area contributed by atoms with E-state index in [2.05, 4.69) is 79.5 Å².